The largest absolute Gasteiger partial charge is 0.398 e. The Balaban J connectivity index is 2.22. The predicted molar refractivity (Wildman–Crippen MR) is 78.6 cm³/mol. The molecule has 1 aromatic carbocycles. The van der Waals surface area contributed by atoms with Crippen molar-refractivity contribution in [3.05, 3.63) is 40.6 Å². The van der Waals surface area contributed by atoms with Gasteiger partial charge in [0.15, 0.2) is 0 Å². The Morgan fingerprint density at radius 2 is 2.05 bits per heavy atom. The van der Waals surface area contributed by atoms with Gasteiger partial charge in [0.2, 0.25) is 10.0 Å². The first-order valence-corrected chi connectivity index (χ1v) is 8.03. The summed E-state index contributed by atoms with van der Waals surface area (Å²) in [5.74, 6) is 0. The van der Waals surface area contributed by atoms with Gasteiger partial charge in [-0.2, -0.15) is 0 Å². The van der Waals surface area contributed by atoms with Crippen LogP contribution in [0.3, 0.4) is 0 Å². The molecule has 0 bridgehead atoms. The Morgan fingerprint density at radius 3 is 2.58 bits per heavy atom. The number of hydrogen-bond donors (Lipinski definition) is 3. The van der Waals surface area contributed by atoms with Gasteiger partial charge in [0, 0.05) is 10.6 Å². The van der Waals surface area contributed by atoms with E-state index in [-0.39, 0.29) is 16.6 Å². The fraction of sp³-hybridized carbons (Fsp3) is 0.167. The Hall–Kier alpha value is -1.57. The van der Waals surface area contributed by atoms with Crippen LogP contribution < -0.4 is 16.2 Å². The summed E-state index contributed by atoms with van der Waals surface area (Å²) in [6, 6.07) is 8.78. The van der Waals surface area contributed by atoms with Crippen LogP contribution in [0.15, 0.2) is 40.6 Å². The highest BCUT2D eigenvalue weighted by Gasteiger charge is 2.13. The van der Waals surface area contributed by atoms with Crippen molar-refractivity contribution in [2.24, 2.45) is 5.14 Å². The van der Waals surface area contributed by atoms with Crippen LogP contribution in [0.25, 0.3) is 0 Å². The fourth-order valence-corrected chi connectivity index (χ4v) is 3.14. The molecule has 7 heteroatoms. The number of nitrogens with one attached hydrogen (secondary N) is 1. The molecule has 1 heterocycles. The van der Waals surface area contributed by atoms with Crippen LogP contribution in [0.4, 0.5) is 11.4 Å². The van der Waals surface area contributed by atoms with Crippen molar-refractivity contribution in [2.45, 2.75) is 17.9 Å². The van der Waals surface area contributed by atoms with E-state index in [1.807, 2.05) is 24.4 Å². The van der Waals surface area contributed by atoms with Crippen molar-refractivity contribution in [1.82, 2.24) is 0 Å². The van der Waals surface area contributed by atoms with Gasteiger partial charge in [0.25, 0.3) is 0 Å². The van der Waals surface area contributed by atoms with Gasteiger partial charge in [-0.15, -0.1) is 11.3 Å². The van der Waals surface area contributed by atoms with E-state index in [2.05, 4.69) is 5.32 Å². The molecule has 1 unspecified atom stereocenters. The maximum atomic E-state index is 11.3. The third-order valence-corrected chi connectivity index (χ3v) is 4.71. The summed E-state index contributed by atoms with van der Waals surface area (Å²) >= 11 is 1.65. The first-order valence-electron chi connectivity index (χ1n) is 5.60. The molecule has 1 atom stereocenters. The number of nitrogen functional groups attached to an aromatic ring is 1. The maximum absolute atomic E-state index is 11.3. The van der Waals surface area contributed by atoms with Crippen LogP contribution in [-0.4, -0.2) is 8.42 Å². The molecule has 0 saturated heterocycles. The van der Waals surface area contributed by atoms with Crippen molar-refractivity contribution in [3.63, 3.8) is 0 Å². The normalized spacial score (nSPS) is 13.2. The summed E-state index contributed by atoms with van der Waals surface area (Å²) in [7, 11) is -3.77. The lowest BCUT2D eigenvalue weighted by Gasteiger charge is -2.15. The lowest BCUT2D eigenvalue weighted by atomic mass is 10.2. The van der Waals surface area contributed by atoms with Crippen molar-refractivity contribution >= 4 is 32.7 Å². The monoisotopic (exact) mass is 297 g/mol. The quantitative estimate of drug-likeness (QED) is 0.753. The summed E-state index contributed by atoms with van der Waals surface area (Å²) in [4.78, 5) is 1.14. The molecule has 0 aliphatic carbocycles. The minimum absolute atomic E-state index is 0.0539. The van der Waals surface area contributed by atoms with Gasteiger partial charge in [0.05, 0.1) is 11.7 Å². The molecule has 2 aromatic rings. The van der Waals surface area contributed by atoms with E-state index in [1.54, 1.807) is 23.5 Å². The standard InChI is InChI=1S/C12H15N3O2S2/c1-8(11-3-2-6-18-11)15-9-4-5-12(10(13)7-9)19(14,16)17/h2-8,15H,13H2,1H3,(H2,14,16,17). The second-order valence-electron chi connectivity index (χ2n) is 4.18. The first kappa shape index (κ1) is 13.9. The molecule has 0 spiro atoms. The van der Waals surface area contributed by atoms with Crippen LogP contribution in [0.1, 0.15) is 17.8 Å². The summed E-state index contributed by atoms with van der Waals surface area (Å²) in [6.07, 6.45) is 0. The zero-order valence-corrected chi connectivity index (χ0v) is 12.0. The van der Waals surface area contributed by atoms with Crippen molar-refractivity contribution < 1.29 is 8.42 Å². The number of primary sulfonamides is 1. The Kier molecular flexibility index (Phi) is 3.79. The van der Waals surface area contributed by atoms with Crippen LogP contribution in [0.2, 0.25) is 0 Å². The topological polar surface area (TPSA) is 98.2 Å². The number of thiophene rings is 1. The lowest BCUT2D eigenvalue weighted by Crippen LogP contribution is -2.14. The van der Waals surface area contributed by atoms with Crippen LogP contribution in [0, 0.1) is 0 Å². The highest BCUT2D eigenvalue weighted by molar-refractivity contribution is 7.89. The minimum Gasteiger partial charge on any atom is -0.398 e. The van der Waals surface area contributed by atoms with Crippen LogP contribution in [0.5, 0.6) is 0 Å². The molecule has 0 fully saturated rings. The molecular formula is C12H15N3O2S2. The van der Waals surface area contributed by atoms with E-state index in [9.17, 15) is 8.42 Å². The third kappa shape index (κ3) is 3.25. The summed E-state index contributed by atoms with van der Waals surface area (Å²) in [5, 5.41) is 10.3. The summed E-state index contributed by atoms with van der Waals surface area (Å²) in [6.45, 7) is 2.02. The molecule has 5 nitrogen and oxygen atoms in total. The second-order valence-corrected chi connectivity index (χ2v) is 6.69. The van der Waals surface area contributed by atoms with E-state index in [0.29, 0.717) is 0 Å². The molecule has 5 N–H and O–H groups in total. The van der Waals surface area contributed by atoms with E-state index >= 15 is 0 Å². The highest BCUT2D eigenvalue weighted by atomic mass is 32.2. The SMILES string of the molecule is CC(Nc1ccc(S(N)(=O)=O)c(N)c1)c1cccs1. The summed E-state index contributed by atoms with van der Waals surface area (Å²) in [5.41, 5.74) is 6.61. The smallest absolute Gasteiger partial charge is 0.240 e. The Bertz CT molecular complexity index is 666. The Labute approximate surface area is 116 Å². The van der Waals surface area contributed by atoms with E-state index in [4.69, 9.17) is 10.9 Å². The van der Waals surface area contributed by atoms with Gasteiger partial charge in [-0.05, 0) is 36.6 Å². The van der Waals surface area contributed by atoms with Gasteiger partial charge in [0.1, 0.15) is 4.90 Å². The molecule has 2 rings (SSSR count). The number of sulfonamides is 1. The van der Waals surface area contributed by atoms with Crippen molar-refractivity contribution in [1.29, 1.82) is 0 Å². The average Bonchev–Trinajstić information content (AvgIpc) is 2.80. The van der Waals surface area contributed by atoms with E-state index in [0.717, 1.165) is 5.69 Å². The molecule has 0 amide bonds. The predicted octanol–water partition coefficient (Wildman–Crippen LogP) is 2.15. The Morgan fingerprint density at radius 1 is 1.32 bits per heavy atom. The number of rotatable bonds is 4. The number of nitrogens with two attached hydrogens (primary N) is 2. The number of anilines is 2. The third-order valence-electron chi connectivity index (χ3n) is 2.67. The highest BCUT2D eigenvalue weighted by Crippen LogP contribution is 2.26. The zero-order chi connectivity index (χ0) is 14.0. The molecule has 102 valence electrons. The molecular weight excluding hydrogens is 282 g/mol. The number of benzene rings is 1. The second kappa shape index (κ2) is 5.20. The summed E-state index contributed by atoms with van der Waals surface area (Å²) < 4.78 is 22.5. The van der Waals surface area contributed by atoms with Crippen LogP contribution in [-0.2, 0) is 10.0 Å². The molecule has 1 aromatic heterocycles. The van der Waals surface area contributed by atoms with Gasteiger partial charge in [-0.1, -0.05) is 6.07 Å². The average molecular weight is 297 g/mol. The van der Waals surface area contributed by atoms with Crippen molar-refractivity contribution in [3.8, 4) is 0 Å². The first-order chi connectivity index (χ1) is 8.88. The molecule has 0 aliphatic rings. The molecule has 0 saturated carbocycles. The minimum atomic E-state index is -3.77. The van der Waals surface area contributed by atoms with Crippen molar-refractivity contribution in [2.75, 3.05) is 11.1 Å². The number of hydrogen-bond acceptors (Lipinski definition) is 5. The molecule has 0 aliphatic heterocycles. The molecule has 19 heavy (non-hydrogen) atoms. The van der Waals surface area contributed by atoms with Gasteiger partial charge in [-0.25, -0.2) is 13.6 Å². The van der Waals surface area contributed by atoms with Gasteiger partial charge >= 0.3 is 0 Å². The maximum Gasteiger partial charge on any atom is 0.240 e. The fourth-order valence-electron chi connectivity index (χ4n) is 1.76. The van der Waals surface area contributed by atoms with Gasteiger partial charge in [-0.3, -0.25) is 0 Å². The lowest BCUT2D eigenvalue weighted by molar-refractivity contribution is 0.598. The van der Waals surface area contributed by atoms with E-state index in [1.165, 1.54) is 10.9 Å². The van der Waals surface area contributed by atoms with Crippen LogP contribution >= 0.6 is 11.3 Å². The molecule has 0 radical (unpaired) electrons. The van der Waals surface area contributed by atoms with E-state index < -0.39 is 10.0 Å². The van der Waals surface area contributed by atoms with Gasteiger partial charge < -0.3 is 11.1 Å². The zero-order valence-electron chi connectivity index (χ0n) is 10.3.